The standard InChI is InChI=1S/C23H20N4O3S/c28-20(11-13-27-19-9-2-1-8-18(19)22(29)26-23(27)30)25-17-7-5-6-16(14-17)15-31-21-10-3-4-12-24-21/h1-10,12,14H,11,13,15H2,(H,25,28)(H,26,29,30). The first-order chi connectivity index (χ1) is 15.1. The van der Waals surface area contributed by atoms with Crippen LogP contribution in [0.2, 0.25) is 0 Å². The highest BCUT2D eigenvalue weighted by atomic mass is 32.2. The lowest BCUT2D eigenvalue weighted by Crippen LogP contribution is -2.31. The van der Waals surface area contributed by atoms with Gasteiger partial charge < -0.3 is 5.32 Å². The molecule has 2 aromatic carbocycles. The molecule has 0 spiro atoms. The number of amides is 1. The van der Waals surface area contributed by atoms with Crippen molar-refractivity contribution in [3.05, 3.63) is 99.3 Å². The average Bonchev–Trinajstić information content (AvgIpc) is 2.78. The van der Waals surface area contributed by atoms with Crippen LogP contribution in [0.25, 0.3) is 10.9 Å². The molecule has 0 unspecified atom stereocenters. The zero-order valence-corrected chi connectivity index (χ0v) is 17.4. The largest absolute Gasteiger partial charge is 0.328 e. The van der Waals surface area contributed by atoms with Crippen molar-refractivity contribution in [1.82, 2.24) is 14.5 Å². The van der Waals surface area contributed by atoms with E-state index in [1.54, 1.807) is 42.2 Å². The number of fused-ring (bicyclic) bond motifs is 1. The molecule has 0 saturated carbocycles. The molecule has 31 heavy (non-hydrogen) atoms. The number of para-hydroxylation sites is 1. The number of thioether (sulfide) groups is 1. The number of hydrogen-bond donors (Lipinski definition) is 2. The maximum absolute atomic E-state index is 12.5. The van der Waals surface area contributed by atoms with Crippen molar-refractivity contribution in [2.75, 3.05) is 5.32 Å². The highest BCUT2D eigenvalue weighted by Gasteiger charge is 2.09. The van der Waals surface area contributed by atoms with Crippen LogP contribution in [0.4, 0.5) is 5.69 Å². The molecular weight excluding hydrogens is 412 g/mol. The molecule has 4 rings (SSSR count). The summed E-state index contributed by atoms with van der Waals surface area (Å²) in [6, 6.07) is 20.3. The molecule has 7 nitrogen and oxygen atoms in total. The summed E-state index contributed by atoms with van der Waals surface area (Å²) < 4.78 is 1.41. The Balaban J connectivity index is 1.40. The Morgan fingerprint density at radius 2 is 1.87 bits per heavy atom. The quantitative estimate of drug-likeness (QED) is 0.436. The third kappa shape index (κ3) is 5.10. The Morgan fingerprint density at radius 1 is 1.03 bits per heavy atom. The molecule has 0 bridgehead atoms. The number of benzene rings is 2. The Kier molecular flexibility index (Phi) is 6.28. The topological polar surface area (TPSA) is 96.9 Å². The van der Waals surface area contributed by atoms with E-state index in [4.69, 9.17) is 0 Å². The van der Waals surface area contributed by atoms with Crippen molar-refractivity contribution in [3.63, 3.8) is 0 Å². The van der Waals surface area contributed by atoms with Gasteiger partial charge in [0.15, 0.2) is 0 Å². The van der Waals surface area contributed by atoms with Gasteiger partial charge in [0.1, 0.15) is 0 Å². The van der Waals surface area contributed by atoms with Gasteiger partial charge in [0, 0.05) is 30.6 Å². The molecule has 0 radical (unpaired) electrons. The lowest BCUT2D eigenvalue weighted by Gasteiger charge is -2.10. The Hall–Kier alpha value is -3.65. The fraction of sp³-hybridized carbons (Fsp3) is 0.130. The summed E-state index contributed by atoms with van der Waals surface area (Å²) >= 11 is 1.62. The van der Waals surface area contributed by atoms with Gasteiger partial charge in [-0.3, -0.25) is 19.1 Å². The van der Waals surface area contributed by atoms with Gasteiger partial charge in [-0.05, 0) is 42.0 Å². The first-order valence-electron chi connectivity index (χ1n) is 9.74. The molecular formula is C23H20N4O3S. The highest BCUT2D eigenvalue weighted by Crippen LogP contribution is 2.22. The summed E-state index contributed by atoms with van der Waals surface area (Å²) in [4.78, 5) is 43.3. The molecule has 0 aliphatic carbocycles. The predicted octanol–water partition coefficient (Wildman–Crippen LogP) is 3.41. The van der Waals surface area contributed by atoms with Gasteiger partial charge in [0.25, 0.3) is 5.56 Å². The molecule has 0 atom stereocenters. The predicted molar refractivity (Wildman–Crippen MR) is 122 cm³/mol. The minimum atomic E-state index is -0.523. The average molecular weight is 433 g/mol. The lowest BCUT2D eigenvalue weighted by molar-refractivity contribution is -0.116. The van der Waals surface area contributed by atoms with Crippen LogP contribution in [-0.4, -0.2) is 20.4 Å². The summed E-state index contributed by atoms with van der Waals surface area (Å²) in [6.45, 7) is 0.164. The molecule has 0 aliphatic rings. The number of anilines is 1. The number of nitrogens with one attached hydrogen (secondary N) is 2. The van der Waals surface area contributed by atoms with E-state index in [1.807, 2.05) is 42.5 Å². The minimum Gasteiger partial charge on any atom is -0.326 e. The fourth-order valence-corrected chi connectivity index (χ4v) is 4.03. The second kappa shape index (κ2) is 9.44. The molecule has 2 aromatic heterocycles. The Labute approximate surface area is 182 Å². The molecule has 0 fully saturated rings. The van der Waals surface area contributed by atoms with Crippen LogP contribution in [0.3, 0.4) is 0 Å². The minimum absolute atomic E-state index is 0.100. The zero-order chi connectivity index (χ0) is 21.6. The van der Waals surface area contributed by atoms with E-state index in [9.17, 15) is 14.4 Å². The van der Waals surface area contributed by atoms with Gasteiger partial charge in [-0.1, -0.05) is 30.3 Å². The third-order valence-corrected chi connectivity index (χ3v) is 5.72. The Morgan fingerprint density at radius 3 is 2.71 bits per heavy atom. The van der Waals surface area contributed by atoms with Crippen LogP contribution in [0.15, 0.2) is 87.5 Å². The monoisotopic (exact) mass is 432 g/mol. The van der Waals surface area contributed by atoms with E-state index < -0.39 is 11.2 Å². The van der Waals surface area contributed by atoms with Crippen LogP contribution in [0.5, 0.6) is 0 Å². The maximum atomic E-state index is 12.5. The maximum Gasteiger partial charge on any atom is 0.328 e. The van der Waals surface area contributed by atoms with Gasteiger partial charge >= 0.3 is 5.69 Å². The number of carbonyl (C=O) groups excluding carboxylic acids is 1. The van der Waals surface area contributed by atoms with Crippen molar-refractivity contribution in [2.24, 2.45) is 0 Å². The molecule has 156 valence electrons. The molecule has 0 saturated heterocycles. The van der Waals surface area contributed by atoms with Gasteiger partial charge in [0.05, 0.1) is 15.9 Å². The number of aryl methyl sites for hydroxylation is 1. The lowest BCUT2D eigenvalue weighted by atomic mass is 10.2. The molecule has 4 aromatic rings. The van der Waals surface area contributed by atoms with Crippen molar-refractivity contribution in [1.29, 1.82) is 0 Å². The number of hydrogen-bond acceptors (Lipinski definition) is 5. The van der Waals surface area contributed by atoms with Crippen molar-refractivity contribution >= 4 is 34.3 Å². The fourth-order valence-electron chi connectivity index (χ4n) is 3.23. The van der Waals surface area contributed by atoms with Gasteiger partial charge in [-0.15, -0.1) is 11.8 Å². The van der Waals surface area contributed by atoms with E-state index in [0.29, 0.717) is 16.6 Å². The smallest absolute Gasteiger partial charge is 0.326 e. The third-order valence-electron chi connectivity index (χ3n) is 4.70. The number of H-pyrrole nitrogens is 1. The van der Waals surface area contributed by atoms with Crippen LogP contribution in [0.1, 0.15) is 12.0 Å². The van der Waals surface area contributed by atoms with E-state index in [2.05, 4.69) is 15.3 Å². The highest BCUT2D eigenvalue weighted by molar-refractivity contribution is 7.98. The molecule has 1 amide bonds. The zero-order valence-electron chi connectivity index (χ0n) is 16.6. The van der Waals surface area contributed by atoms with Crippen molar-refractivity contribution < 1.29 is 4.79 Å². The van der Waals surface area contributed by atoms with E-state index in [1.165, 1.54) is 4.57 Å². The number of carbonyl (C=O) groups is 1. The SMILES string of the molecule is O=C(CCn1c(=O)[nH]c(=O)c2ccccc21)Nc1cccc(CSc2ccccn2)c1. The number of aromatic nitrogens is 3. The van der Waals surface area contributed by atoms with Crippen LogP contribution in [0, 0.1) is 0 Å². The molecule has 0 aliphatic heterocycles. The summed E-state index contributed by atoms with van der Waals surface area (Å²) in [7, 11) is 0. The summed E-state index contributed by atoms with van der Waals surface area (Å²) in [5.74, 6) is 0.524. The summed E-state index contributed by atoms with van der Waals surface area (Å²) in [5.41, 5.74) is 1.32. The second-order valence-electron chi connectivity index (χ2n) is 6.88. The second-order valence-corrected chi connectivity index (χ2v) is 7.88. The van der Waals surface area contributed by atoms with Gasteiger partial charge in [-0.25, -0.2) is 9.78 Å². The number of pyridine rings is 1. The number of rotatable bonds is 7. The van der Waals surface area contributed by atoms with Crippen LogP contribution < -0.4 is 16.6 Å². The summed E-state index contributed by atoms with van der Waals surface area (Å²) in [6.07, 6.45) is 1.86. The van der Waals surface area contributed by atoms with Crippen LogP contribution >= 0.6 is 11.8 Å². The molecule has 2 heterocycles. The van der Waals surface area contributed by atoms with E-state index in [0.717, 1.165) is 16.3 Å². The van der Waals surface area contributed by atoms with Crippen LogP contribution in [-0.2, 0) is 17.1 Å². The van der Waals surface area contributed by atoms with E-state index in [-0.39, 0.29) is 18.9 Å². The number of aromatic amines is 1. The Bertz CT molecular complexity index is 1330. The normalized spacial score (nSPS) is 10.8. The molecule has 2 N–H and O–H groups in total. The summed E-state index contributed by atoms with van der Waals surface area (Å²) in [5, 5.41) is 4.24. The van der Waals surface area contributed by atoms with Crippen molar-refractivity contribution in [3.8, 4) is 0 Å². The van der Waals surface area contributed by atoms with Gasteiger partial charge in [0.2, 0.25) is 5.91 Å². The van der Waals surface area contributed by atoms with E-state index >= 15 is 0 Å². The van der Waals surface area contributed by atoms with Gasteiger partial charge in [-0.2, -0.15) is 0 Å². The first-order valence-corrected chi connectivity index (χ1v) is 10.7. The van der Waals surface area contributed by atoms with Crippen molar-refractivity contribution in [2.45, 2.75) is 23.7 Å². The number of nitrogens with zero attached hydrogens (tertiary/aromatic N) is 2. The first kappa shape index (κ1) is 20.6. The molecule has 8 heteroatoms.